The van der Waals surface area contributed by atoms with Crippen LogP contribution in [-0.2, 0) is 43.8 Å². The van der Waals surface area contributed by atoms with Crippen molar-refractivity contribution in [3.8, 4) is 23.4 Å². The Labute approximate surface area is 617 Å². The van der Waals surface area contributed by atoms with Gasteiger partial charge in [-0.25, -0.2) is 45.6 Å². The Morgan fingerprint density at radius 3 is 1.49 bits per heavy atom. The Morgan fingerprint density at radius 2 is 1.16 bits per heavy atom. The molecule has 2 atom stereocenters. The molecule has 33 heteroatoms. The average Bonchev–Trinajstić information content (AvgIpc) is 2.85. The standard InChI is InChI=1S/C26H37N7O4S.C19H23ClN6O4S.C7H15N.CH2O3.ClH.2K.2H2S.H/c1-17-13-26(6,7)32(15-17)23-19(24(34)30-38(35,36)20-14-27-31(8)18(20)2)9-10-21(28-23)33-12-11-22(29-33)37-16-25(3,4)5;1-12-14(10-21-25(12)5)31(28,29)24-18(27)13-6-7-15(22-17(13)20)26-9-8-16(23-26)30-11-19(2,3)4;1-6-4-7(2,3)8-5-6;2-1-4-3;;;;;;/h9-12,14,17H,13,15-16H2,1-8H3,(H,30,34);6-10H,11H2,1-5H3,(H,24,27);6,8H,4-5H2,1-3H3;1,3H;1H;;;2*1H2;/q;;;;;2*+1;;;-1/p-1/t17-;;6-;;;;;;;/m0.0......./s1. The fraction of sp³-hybridized carbons (Fsp3) is 0.528. The average molecular weight is 1370 g/mol. The molecular weight excluding hydrogens is 1290 g/mol. The third-order valence-electron chi connectivity index (χ3n) is 12.7. The minimum atomic E-state index is -4.14. The molecule has 0 aromatic carbocycles. The molecule has 3 N–H and O–H groups in total. The zero-order valence-electron chi connectivity index (χ0n) is 53.3. The van der Waals surface area contributed by atoms with Crippen molar-refractivity contribution in [1.82, 2.24) is 63.9 Å². The summed E-state index contributed by atoms with van der Waals surface area (Å²) in [6, 6.07) is 9.57. The molecular formula is C53H82Cl2K2N14O11S4. The fourth-order valence-electron chi connectivity index (χ4n) is 8.65. The van der Waals surface area contributed by atoms with E-state index in [0.29, 0.717) is 71.8 Å². The summed E-state index contributed by atoms with van der Waals surface area (Å²) in [7, 11) is -5.01. The summed E-state index contributed by atoms with van der Waals surface area (Å²) in [5.74, 6) is 1.72. The maximum absolute atomic E-state index is 13.4. The largest absolute Gasteiger partial charge is 1.00 e. The van der Waals surface area contributed by atoms with Gasteiger partial charge < -0.3 is 31.3 Å². The van der Waals surface area contributed by atoms with Crippen LogP contribution in [0.1, 0.15) is 129 Å². The third-order valence-corrected chi connectivity index (χ3v) is 15.8. The summed E-state index contributed by atoms with van der Waals surface area (Å²) < 4.78 is 72.6. The van der Waals surface area contributed by atoms with Crippen LogP contribution in [0.2, 0.25) is 5.15 Å². The number of hydrogen-bond acceptors (Lipinski definition) is 19. The molecule has 0 radical (unpaired) electrons. The summed E-state index contributed by atoms with van der Waals surface area (Å²) in [6.45, 7) is 31.4. The molecule has 0 aliphatic carbocycles. The van der Waals surface area contributed by atoms with E-state index in [4.69, 9.17) is 36.1 Å². The Bertz CT molecular complexity index is 3430. The molecule has 0 saturated carbocycles. The number of nitrogens with one attached hydrogen (secondary N) is 3. The molecule has 6 aromatic rings. The molecule has 0 unspecified atom stereocenters. The number of sulfonamides is 2. The second-order valence-corrected chi connectivity index (χ2v) is 27.4. The molecule has 86 heavy (non-hydrogen) atoms. The molecule has 2 fully saturated rings. The number of ether oxygens (including phenoxy) is 2. The van der Waals surface area contributed by atoms with Gasteiger partial charge in [0.2, 0.25) is 11.8 Å². The second-order valence-electron chi connectivity index (χ2n) is 23.7. The van der Waals surface area contributed by atoms with Gasteiger partial charge in [0, 0.05) is 56.2 Å². The monoisotopic (exact) mass is 1370 g/mol. The number of anilines is 1. The predicted octanol–water partition coefficient (Wildman–Crippen LogP) is 0.581. The normalized spacial score (nSPS) is 15.7. The van der Waals surface area contributed by atoms with Gasteiger partial charge in [-0.2, -0.15) is 37.2 Å². The summed E-state index contributed by atoms with van der Waals surface area (Å²) in [5.41, 5.74) is 0.985. The van der Waals surface area contributed by atoms with Gasteiger partial charge >= 0.3 is 103 Å². The van der Waals surface area contributed by atoms with Crippen molar-refractivity contribution in [2.75, 3.05) is 31.2 Å². The van der Waals surface area contributed by atoms with E-state index in [9.17, 15) is 26.4 Å². The van der Waals surface area contributed by atoms with E-state index >= 15 is 0 Å². The van der Waals surface area contributed by atoms with Gasteiger partial charge in [0.1, 0.15) is 20.8 Å². The molecule has 6 aromatic heterocycles. The molecule has 0 bridgehead atoms. The summed E-state index contributed by atoms with van der Waals surface area (Å²) >= 11 is 6.16. The van der Waals surface area contributed by atoms with E-state index in [1.165, 1.54) is 51.5 Å². The molecule has 470 valence electrons. The molecule has 25 nitrogen and oxygen atoms in total. The van der Waals surface area contributed by atoms with Crippen molar-refractivity contribution in [2.45, 2.75) is 131 Å². The molecule has 0 spiro atoms. The van der Waals surface area contributed by atoms with Gasteiger partial charge in [-0.05, 0) is 108 Å². The number of halogens is 2. The molecule has 2 aliphatic rings. The first-order valence-corrected chi connectivity index (χ1v) is 29.2. The molecule has 2 aliphatic heterocycles. The van der Waals surface area contributed by atoms with Crippen LogP contribution >= 0.6 is 51.0 Å². The number of aromatic nitrogens is 10. The van der Waals surface area contributed by atoms with E-state index < -0.39 is 31.9 Å². The van der Waals surface area contributed by atoms with Crippen LogP contribution in [0, 0.1) is 36.5 Å². The number of pyridine rings is 2. The van der Waals surface area contributed by atoms with Gasteiger partial charge in [0.25, 0.3) is 38.3 Å². The van der Waals surface area contributed by atoms with Crippen molar-refractivity contribution in [1.29, 1.82) is 0 Å². The minimum absolute atomic E-state index is 0. The number of amides is 2. The van der Waals surface area contributed by atoms with Crippen LogP contribution in [0.4, 0.5) is 5.82 Å². The first-order valence-electron chi connectivity index (χ1n) is 25.9. The number of rotatable bonds is 14. The minimum Gasteiger partial charge on any atom is -1.00 e. The molecule has 8 heterocycles. The molecule has 8 rings (SSSR count). The summed E-state index contributed by atoms with van der Waals surface area (Å²) in [6.07, 6.45) is 8.02. The van der Waals surface area contributed by atoms with Crippen molar-refractivity contribution >= 4 is 95.2 Å². The van der Waals surface area contributed by atoms with Crippen molar-refractivity contribution in [3.05, 3.63) is 88.9 Å². The number of carbonyl (C=O) groups excluding carboxylic acids is 3. The Kier molecular flexibility index (Phi) is 33.6. The number of carbonyl (C=O) groups is 3. The Morgan fingerprint density at radius 1 is 0.744 bits per heavy atom. The van der Waals surface area contributed by atoms with Crippen molar-refractivity contribution in [2.24, 2.45) is 36.8 Å². The predicted molar refractivity (Wildman–Crippen MR) is 330 cm³/mol. The smallest absolute Gasteiger partial charge is 1.00 e. The number of nitrogens with zero attached hydrogens (tertiary/aromatic N) is 11. The van der Waals surface area contributed by atoms with E-state index in [2.05, 4.69) is 108 Å². The first kappa shape index (κ1) is 83.3. The van der Waals surface area contributed by atoms with E-state index in [1.54, 1.807) is 69.3 Å². The van der Waals surface area contributed by atoms with Crippen LogP contribution < -0.4 is 137 Å². The van der Waals surface area contributed by atoms with E-state index in [0.717, 1.165) is 12.3 Å². The van der Waals surface area contributed by atoms with E-state index in [1.807, 2.05) is 25.5 Å². The zero-order chi connectivity index (χ0) is 60.6. The second kappa shape index (κ2) is 34.7. The van der Waals surface area contributed by atoms with Crippen molar-refractivity contribution in [3.63, 3.8) is 0 Å². The van der Waals surface area contributed by atoms with Crippen LogP contribution in [0.3, 0.4) is 0 Å². The van der Waals surface area contributed by atoms with Crippen LogP contribution in [0.5, 0.6) is 11.8 Å². The third kappa shape index (κ3) is 23.8. The number of hydrogen-bond donors (Lipinski definition) is 3. The zero-order valence-corrected chi connectivity index (χ0v) is 63.7. The maximum atomic E-state index is 13.4. The van der Waals surface area contributed by atoms with Gasteiger partial charge in [0.05, 0.1) is 48.1 Å². The first-order chi connectivity index (χ1) is 37.5. The quantitative estimate of drug-likeness (QED) is 0.0442. The van der Waals surface area contributed by atoms with Gasteiger partial charge in [-0.3, -0.25) is 23.7 Å². The van der Waals surface area contributed by atoms with Crippen molar-refractivity contribution < 1.29 is 155 Å². The maximum Gasteiger partial charge on any atom is 1.00 e. The Hall–Kier alpha value is -2.68. The van der Waals surface area contributed by atoms with Crippen LogP contribution in [0.25, 0.3) is 11.6 Å². The van der Waals surface area contributed by atoms with Gasteiger partial charge in [-0.1, -0.05) is 67.0 Å². The van der Waals surface area contributed by atoms with Crippen LogP contribution in [0.15, 0.2) is 71.0 Å². The number of aryl methyl sites for hydroxylation is 2. The topological polar surface area (TPSA) is 307 Å². The molecule has 2 saturated heterocycles. The van der Waals surface area contributed by atoms with Gasteiger partial charge in [0.15, 0.2) is 11.6 Å². The van der Waals surface area contributed by atoms with E-state index in [-0.39, 0.29) is 193 Å². The SMILES string of the molecule is C[C@@H]1CNC(C)(C)C1.Cc1c(S(=O)(=O)NC(=O)c2ccc(-n3ccc(OCC(C)(C)C)n3)nc2Cl)cnn1C.Cc1c(S(=O)(=O)NC(=O)c2ccc(-n3ccc(OCC(C)(C)C)n3)nc2N2C[C@@H](C)CC2(C)C)cnn1C.Cl.O=CO[O-].S.S.[H-].[K+].[K+]. The summed E-state index contributed by atoms with van der Waals surface area (Å²) in [4.78, 5) is 48.1. The summed E-state index contributed by atoms with van der Waals surface area (Å²) in [5, 5.41) is 28.4. The van der Waals surface area contributed by atoms with Gasteiger partial charge in [-0.15, -0.1) is 22.6 Å². The Balaban J connectivity index is 0. The fourth-order valence-corrected chi connectivity index (χ4v) is 11.2. The molecule has 2 amide bonds. The van der Waals surface area contributed by atoms with Crippen LogP contribution in [-0.4, -0.2) is 122 Å².